The molecule has 2 heterocycles. The first-order chi connectivity index (χ1) is 9.87. The number of sulfonamides is 1. The molecule has 0 unspecified atom stereocenters. The third kappa shape index (κ3) is 3.12. The van der Waals surface area contributed by atoms with Crippen molar-refractivity contribution in [3.05, 3.63) is 17.6 Å². The lowest BCUT2D eigenvalue weighted by molar-refractivity contribution is 0.0661. The first-order valence-electron chi connectivity index (χ1n) is 6.94. The molecule has 2 rings (SSSR count). The minimum absolute atomic E-state index is 0.0553. The topological polar surface area (TPSA) is 99.9 Å². The number of nitrogens with zero attached hydrogens (tertiary/aromatic N) is 1. The predicted molar refractivity (Wildman–Crippen MR) is 75.9 cm³/mol. The number of carbonyl (C=O) groups is 1. The third-order valence-corrected chi connectivity index (χ3v) is 5.83. The van der Waals surface area contributed by atoms with Crippen LogP contribution < -0.4 is 5.32 Å². The lowest BCUT2D eigenvalue weighted by atomic mass is 10.1. The van der Waals surface area contributed by atoms with Crippen molar-refractivity contribution in [3.8, 4) is 0 Å². The summed E-state index contributed by atoms with van der Waals surface area (Å²) in [4.78, 5) is 10.9. The van der Waals surface area contributed by atoms with Crippen LogP contribution >= 0.6 is 0 Å². The molecule has 1 aliphatic rings. The molecule has 1 aliphatic heterocycles. The van der Waals surface area contributed by atoms with Crippen molar-refractivity contribution in [1.29, 1.82) is 0 Å². The summed E-state index contributed by atoms with van der Waals surface area (Å²) in [5.74, 6) is -1.52. The van der Waals surface area contributed by atoms with E-state index in [2.05, 4.69) is 5.32 Å². The molecular weight excluding hydrogens is 296 g/mol. The van der Waals surface area contributed by atoms with Gasteiger partial charge < -0.3 is 14.8 Å². The van der Waals surface area contributed by atoms with E-state index in [1.165, 1.54) is 11.2 Å². The largest absolute Gasteiger partial charge is 0.475 e. The van der Waals surface area contributed by atoms with Crippen LogP contribution in [-0.4, -0.2) is 49.5 Å². The molecule has 0 bridgehead atoms. The van der Waals surface area contributed by atoms with Gasteiger partial charge in [-0.3, -0.25) is 0 Å². The second kappa shape index (κ2) is 6.17. The smallest absolute Gasteiger partial charge is 0.371 e. The van der Waals surface area contributed by atoms with Gasteiger partial charge in [-0.25, -0.2) is 13.2 Å². The fourth-order valence-electron chi connectivity index (χ4n) is 2.67. The van der Waals surface area contributed by atoms with Crippen LogP contribution in [-0.2, 0) is 10.0 Å². The normalized spacial score (nSPS) is 17.3. The van der Waals surface area contributed by atoms with Crippen LogP contribution in [0.4, 0.5) is 0 Å². The van der Waals surface area contributed by atoms with Crippen molar-refractivity contribution < 1.29 is 22.7 Å². The first-order valence-corrected chi connectivity index (χ1v) is 8.38. The second-order valence-electron chi connectivity index (χ2n) is 5.03. The van der Waals surface area contributed by atoms with E-state index in [-0.39, 0.29) is 22.5 Å². The summed E-state index contributed by atoms with van der Waals surface area (Å²) in [7, 11) is -3.75. The zero-order chi connectivity index (χ0) is 15.6. The second-order valence-corrected chi connectivity index (χ2v) is 6.88. The number of rotatable bonds is 5. The van der Waals surface area contributed by atoms with E-state index >= 15 is 0 Å². The van der Waals surface area contributed by atoms with Gasteiger partial charge in [-0.2, -0.15) is 4.31 Å². The summed E-state index contributed by atoms with van der Waals surface area (Å²) in [6.07, 6.45) is 1.49. The Bertz CT molecular complexity index is 617. The van der Waals surface area contributed by atoms with Crippen molar-refractivity contribution in [3.63, 3.8) is 0 Å². The fraction of sp³-hybridized carbons (Fsp3) is 0.615. The van der Waals surface area contributed by atoms with Crippen molar-refractivity contribution >= 4 is 16.0 Å². The van der Waals surface area contributed by atoms with Gasteiger partial charge in [0.15, 0.2) is 0 Å². The Morgan fingerprint density at radius 2 is 2.10 bits per heavy atom. The Morgan fingerprint density at radius 1 is 1.48 bits per heavy atom. The summed E-state index contributed by atoms with van der Waals surface area (Å²) in [5.41, 5.74) is 0. The van der Waals surface area contributed by atoms with Gasteiger partial charge in [0.2, 0.25) is 15.8 Å². The summed E-state index contributed by atoms with van der Waals surface area (Å²) in [6, 6.07) is 1.03. The highest BCUT2D eigenvalue weighted by atomic mass is 32.2. The molecule has 1 saturated heterocycles. The van der Waals surface area contributed by atoms with Gasteiger partial charge in [0.1, 0.15) is 10.7 Å². The first kappa shape index (κ1) is 16.0. The Kier molecular flexibility index (Phi) is 4.70. The average molecular weight is 316 g/mol. The van der Waals surface area contributed by atoms with E-state index < -0.39 is 16.0 Å². The van der Waals surface area contributed by atoms with Crippen molar-refractivity contribution in [1.82, 2.24) is 9.62 Å². The van der Waals surface area contributed by atoms with E-state index in [1.807, 2.05) is 0 Å². The van der Waals surface area contributed by atoms with E-state index in [1.54, 1.807) is 6.92 Å². The molecule has 1 fully saturated rings. The van der Waals surface area contributed by atoms with Crippen molar-refractivity contribution in [2.75, 3.05) is 19.6 Å². The number of aryl methyl sites for hydroxylation is 1. The lowest BCUT2D eigenvalue weighted by Gasteiger charge is -2.32. The number of furan rings is 1. The van der Waals surface area contributed by atoms with E-state index in [9.17, 15) is 13.2 Å². The molecule has 7 nitrogen and oxygen atoms in total. The molecule has 1 aromatic heterocycles. The summed E-state index contributed by atoms with van der Waals surface area (Å²) >= 11 is 0. The van der Waals surface area contributed by atoms with E-state index in [0.717, 1.165) is 32.0 Å². The fourth-order valence-corrected chi connectivity index (χ4v) is 4.53. The standard InChI is InChI=1S/C13H20N2O5S/c1-3-15(10-4-6-14-7-5-10)21(18,19)12-8-11(13(16)17)20-9(12)2/h8,10,14H,3-7H2,1-2H3,(H,16,17). The van der Waals surface area contributed by atoms with Crippen LogP contribution in [0.25, 0.3) is 0 Å². The van der Waals surface area contributed by atoms with Crippen LogP contribution in [0.15, 0.2) is 15.4 Å². The van der Waals surface area contributed by atoms with Crippen LogP contribution in [0.2, 0.25) is 0 Å². The quantitative estimate of drug-likeness (QED) is 0.842. The molecule has 0 spiro atoms. The number of piperidine rings is 1. The minimum atomic E-state index is -3.75. The van der Waals surface area contributed by atoms with Crippen LogP contribution in [0.5, 0.6) is 0 Å². The van der Waals surface area contributed by atoms with Gasteiger partial charge in [0.25, 0.3) is 0 Å². The maximum Gasteiger partial charge on any atom is 0.371 e. The third-order valence-electron chi connectivity index (χ3n) is 3.70. The van der Waals surface area contributed by atoms with Crippen LogP contribution in [0.1, 0.15) is 36.1 Å². The SMILES string of the molecule is CCN(C1CCNCC1)S(=O)(=O)c1cc(C(=O)O)oc1C. The van der Waals surface area contributed by atoms with Gasteiger partial charge in [-0.05, 0) is 32.9 Å². The van der Waals surface area contributed by atoms with Crippen LogP contribution in [0, 0.1) is 6.92 Å². The van der Waals surface area contributed by atoms with Crippen LogP contribution in [0.3, 0.4) is 0 Å². The van der Waals surface area contributed by atoms with Gasteiger partial charge in [0, 0.05) is 18.7 Å². The molecular formula is C13H20N2O5S. The van der Waals surface area contributed by atoms with Gasteiger partial charge in [0.05, 0.1) is 0 Å². The van der Waals surface area contributed by atoms with E-state index in [0.29, 0.717) is 6.54 Å². The molecule has 0 amide bonds. The number of hydrogen-bond donors (Lipinski definition) is 2. The van der Waals surface area contributed by atoms with Gasteiger partial charge in [-0.15, -0.1) is 0 Å². The molecule has 21 heavy (non-hydrogen) atoms. The molecule has 0 saturated carbocycles. The molecule has 0 aliphatic carbocycles. The molecule has 8 heteroatoms. The highest BCUT2D eigenvalue weighted by molar-refractivity contribution is 7.89. The number of carboxylic acid groups (broad SMARTS) is 1. The number of hydrogen-bond acceptors (Lipinski definition) is 5. The highest BCUT2D eigenvalue weighted by Gasteiger charge is 2.34. The summed E-state index contributed by atoms with van der Waals surface area (Å²) < 4.78 is 32.0. The van der Waals surface area contributed by atoms with E-state index in [4.69, 9.17) is 9.52 Å². The Labute approximate surface area is 124 Å². The maximum absolute atomic E-state index is 12.8. The molecule has 0 radical (unpaired) electrons. The molecule has 0 atom stereocenters. The minimum Gasteiger partial charge on any atom is -0.475 e. The number of nitrogens with one attached hydrogen (secondary N) is 1. The zero-order valence-corrected chi connectivity index (χ0v) is 12.9. The predicted octanol–water partition coefficient (Wildman–Crippen LogP) is 1.05. The molecule has 1 aromatic rings. The number of carboxylic acids is 1. The number of aromatic carboxylic acids is 1. The van der Waals surface area contributed by atoms with Crippen molar-refractivity contribution in [2.45, 2.75) is 37.6 Å². The Morgan fingerprint density at radius 3 is 2.57 bits per heavy atom. The van der Waals surface area contributed by atoms with Gasteiger partial charge >= 0.3 is 5.97 Å². The monoisotopic (exact) mass is 316 g/mol. The lowest BCUT2D eigenvalue weighted by Crippen LogP contribution is -2.46. The Hall–Kier alpha value is -1.38. The zero-order valence-electron chi connectivity index (χ0n) is 12.1. The molecule has 0 aromatic carbocycles. The summed E-state index contributed by atoms with van der Waals surface area (Å²) in [5, 5.41) is 12.1. The highest BCUT2D eigenvalue weighted by Crippen LogP contribution is 2.27. The average Bonchev–Trinajstić information content (AvgIpc) is 2.83. The Balaban J connectivity index is 2.36. The molecule has 2 N–H and O–H groups in total. The summed E-state index contributed by atoms with van der Waals surface area (Å²) in [6.45, 7) is 5.16. The van der Waals surface area contributed by atoms with Gasteiger partial charge in [-0.1, -0.05) is 6.92 Å². The van der Waals surface area contributed by atoms with Crippen molar-refractivity contribution in [2.24, 2.45) is 0 Å². The maximum atomic E-state index is 12.8. The molecule has 118 valence electrons.